The van der Waals surface area contributed by atoms with Crippen LogP contribution in [0.15, 0.2) is 95.9 Å². The molecular formula is C25H19ClOS. The third-order valence-electron chi connectivity index (χ3n) is 5.24. The van der Waals surface area contributed by atoms with E-state index in [1.54, 1.807) is 11.8 Å². The van der Waals surface area contributed by atoms with Gasteiger partial charge in [-0.15, -0.1) is 0 Å². The minimum Gasteiger partial charge on any atom is -0.479 e. The van der Waals surface area contributed by atoms with Crippen LogP contribution in [0, 0.1) is 0 Å². The van der Waals surface area contributed by atoms with Crippen LogP contribution in [0.3, 0.4) is 0 Å². The van der Waals surface area contributed by atoms with Gasteiger partial charge in [0.25, 0.3) is 0 Å². The molecule has 0 saturated carbocycles. The summed E-state index contributed by atoms with van der Waals surface area (Å²) in [6.45, 7) is 0. The molecule has 5 rings (SSSR count). The molecular weight excluding hydrogens is 384 g/mol. The van der Waals surface area contributed by atoms with E-state index in [1.807, 2.05) is 18.2 Å². The van der Waals surface area contributed by atoms with Crippen molar-refractivity contribution in [2.24, 2.45) is 0 Å². The lowest BCUT2D eigenvalue weighted by Crippen LogP contribution is -2.23. The average Bonchev–Trinajstić information content (AvgIpc) is 2.74. The Bertz CT molecular complexity index is 1120. The average molecular weight is 403 g/mol. The Morgan fingerprint density at radius 2 is 1.61 bits per heavy atom. The van der Waals surface area contributed by atoms with Crippen LogP contribution < -0.4 is 4.74 Å². The Hall–Kier alpha value is -2.42. The zero-order chi connectivity index (χ0) is 18.9. The van der Waals surface area contributed by atoms with E-state index >= 15 is 0 Å². The summed E-state index contributed by atoms with van der Waals surface area (Å²) in [5.74, 6) is 1.21. The van der Waals surface area contributed by atoms with Crippen molar-refractivity contribution in [2.75, 3.05) is 0 Å². The highest BCUT2D eigenvalue weighted by Crippen LogP contribution is 2.46. The predicted octanol–water partition coefficient (Wildman–Crippen LogP) is 7.53. The van der Waals surface area contributed by atoms with Gasteiger partial charge in [-0.25, -0.2) is 0 Å². The van der Waals surface area contributed by atoms with Gasteiger partial charge < -0.3 is 4.74 Å². The molecule has 0 unspecified atom stereocenters. The minimum absolute atomic E-state index is 0.0460. The van der Waals surface area contributed by atoms with Crippen LogP contribution >= 0.6 is 23.4 Å². The van der Waals surface area contributed by atoms with Gasteiger partial charge >= 0.3 is 0 Å². The maximum atomic E-state index is 6.40. The summed E-state index contributed by atoms with van der Waals surface area (Å²) in [5.41, 5.74) is 2.52. The summed E-state index contributed by atoms with van der Waals surface area (Å²) in [6.07, 6.45) is 0.908. The molecule has 0 spiro atoms. The number of halogens is 1. The smallest absolute Gasteiger partial charge is 0.149 e. The number of hydrogen-bond acceptors (Lipinski definition) is 2. The van der Waals surface area contributed by atoms with Gasteiger partial charge in [0.2, 0.25) is 0 Å². The number of rotatable bonds is 3. The molecule has 0 radical (unpaired) electrons. The summed E-state index contributed by atoms with van der Waals surface area (Å²) >= 11 is 8.11. The third-order valence-corrected chi connectivity index (χ3v) is 6.64. The molecule has 0 N–H and O–H groups in total. The Morgan fingerprint density at radius 3 is 2.50 bits per heavy atom. The normalized spacial score (nSPS) is 18.5. The number of thioether (sulfide) groups is 1. The summed E-state index contributed by atoms with van der Waals surface area (Å²) in [4.78, 5) is 1.26. The van der Waals surface area contributed by atoms with Gasteiger partial charge in [-0.1, -0.05) is 90.1 Å². The van der Waals surface area contributed by atoms with E-state index in [0.717, 1.165) is 17.2 Å². The summed E-state index contributed by atoms with van der Waals surface area (Å²) in [7, 11) is 0. The van der Waals surface area contributed by atoms with E-state index in [-0.39, 0.29) is 11.4 Å². The van der Waals surface area contributed by atoms with E-state index in [4.69, 9.17) is 16.3 Å². The van der Waals surface area contributed by atoms with Crippen molar-refractivity contribution < 1.29 is 4.74 Å². The maximum Gasteiger partial charge on any atom is 0.149 e. The molecule has 2 atom stereocenters. The largest absolute Gasteiger partial charge is 0.479 e. The molecule has 28 heavy (non-hydrogen) atoms. The van der Waals surface area contributed by atoms with Crippen LogP contribution in [-0.4, -0.2) is 5.44 Å². The molecule has 0 fully saturated rings. The van der Waals surface area contributed by atoms with Crippen LogP contribution in [0.4, 0.5) is 0 Å². The highest BCUT2D eigenvalue weighted by molar-refractivity contribution is 8.00. The first-order valence-electron chi connectivity index (χ1n) is 9.43. The monoisotopic (exact) mass is 402 g/mol. The van der Waals surface area contributed by atoms with E-state index in [0.29, 0.717) is 0 Å². The molecule has 4 aromatic rings. The Morgan fingerprint density at radius 1 is 0.821 bits per heavy atom. The van der Waals surface area contributed by atoms with Crippen LogP contribution in [0.1, 0.15) is 23.5 Å². The molecule has 1 heterocycles. The van der Waals surface area contributed by atoms with Gasteiger partial charge in [-0.05, 0) is 40.6 Å². The van der Waals surface area contributed by atoms with E-state index in [1.165, 1.54) is 26.8 Å². The molecule has 138 valence electrons. The van der Waals surface area contributed by atoms with Gasteiger partial charge in [-0.2, -0.15) is 0 Å². The first-order chi connectivity index (χ1) is 13.8. The molecule has 4 aromatic carbocycles. The van der Waals surface area contributed by atoms with E-state index in [9.17, 15) is 0 Å². The molecule has 0 amide bonds. The maximum absolute atomic E-state index is 6.40. The fraction of sp³-hybridized carbons (Fsp3) is 0.120. The van der Waals surface area contributed by atoms with Gasteiger partial charge in [-0.3, -0.25) is 0 Å². The van der Waals surface area contributed by atoms with Gasteiger partial charge in [0.15, 0.2) is 0 Å². The zero-order valence-corrected chi connectivity index (χ0v) is 16.8. The molecule has 0 aromatic heterocycles. The Kier molecular flexibility index (Phi) is 4.76. The molecule has 1 aliphatic rings. The second kappa shape index (κ2) is 7.54. The second-order valence-corrected chi connectivity index (χ2v) is 8.66. The fourth-order valence-corrected chi connectivity index (χ4v) is 5.30. The van der Waals surface area contributed by atoms with Crippen molar-refractivity contribution in [2.45, 2.75) is 22.7 Å². The van der Waals surface area contributed by atoms with E-state index < -0.39 is 0 Å². The second-order valence-electron chi connectivity index (χ2n) is 7.02. The predicted molar refractivity (Wildman–Crippen MR) is 119 cm³/mol. The van der Waals surface area contributed by atoms with Crippen molar-refractivity contribution >= 4 is 34.1 Å². The van der Waals surface area contributed by atoms with Gasteiger partial charge in [0.1, 0.15) is 11.2 Å². The molecule has 1 aliphatic heterocycles. The molecule has 0 bridgehead atoms. The van der Waals surface area contributed by atoms with Crippen molar-refractivity contribution in [1.29, 1.82) is 0 Å². The van der Waals surface area contributed by atoms with Gasteiger partial charge in [0, 0.05) is 27.8 Å². The standard InChI is InChI=1S/C25H19ClOS/c26-19-13-14-23-22(15-19)21(18-7-2-1-3-8-18)16-25(27-23)28-24-12-6-10-17-9-4-5-11-20(17)24/h1-15,21,25H,16H2/t21-,25-/m0/s1. The number of hydrogen-bond donors (Lipinski definition) is 0. The van der Waals surface area contributed by atoms with Crippen molar-refractivity contribution in [3.8, 4) is 5.75 Å². The molecule has 1 nitrogen and oxygen atoms in total. The number of ether oxygens (including phenoxy) is 1. The van der Waals surface area contributed by atoms with Crippen LogP contribution in [0.2, 0.25) is 5.02 Å². The van der Waals surface area contributed by atoms with Crippen LogP contribution in [0.5, 0.6) is 5.75 Å². The number of benzene rings is 4. The quantitative estimate of drug-likeness (QED) is 0.350. The van der Waals surface area contributed by atoms with Crippen LogP contribution in [-0.2, 0) is 0 Å². The van der Waals surface area contributed by atoms with Crippen molar-refractivity contribution in [3.05, 3.63) is 107 Å². The Labute approximate surface area is 174 Å². The molecule has 3 heteroatoms. The molecule has 0 aliphatic carbocycles. The fourth-order valence-electron chi connectivity index (χ4n) is 3.92. The lowest BCUT2D eigenvalue weighted by molar-refractivity contribution is 0.245. The topological polar surface area (TPSA) is 9.23 Å². The lowest BCUT2D eigenvalue weighted by atomic mass is 9.87. The Balaban J connectivity index is 1.52. The van der Waals surface area contributed by atoms with Crippen LogP contribution in [0.25, 0.3) is 10.8 Å². The van der Waals surface area contributed by atoms with Crippen molar-refractivity contribution in [1.82, 2.24) is 0 Å². The summed E-state index contributed by atoms with van der Waals surface area (Å²) < 4.78 is 6.40. The molecule has 0 saturated heterocycles. The first kappa shape index (κ1) is 17.7. The summed E-state index contributed by atoms with van der Waals surface area (Å²) in [6, 6.07) is 31.6. The number of fused-ring (bicyclic) bond motifs is 2. The highest BCUT2D eigenvalue weighted by Gasteiger charge is 2.30. The zero-order valence-electron chi connectivity index (χ0n) is 15.2. The van der Waals surface area contributed by atoms with Crippen molar-refractivity contribution in [3.63, 3.8) is 0 Å². The highest BCUT2D eigenvalue weighted by atomic mass is 35.5. The van der Waals surface area contributed by atoms with Gasteiger partial charge in [0.05, 0.1) is 0 Å². The SMILES string of the molecule is Clc1ccc2c(c1)[C@H](c1ccccc1)C[C@H](Sc1cccc3ccccc13)O2. The van der Waals surface area contributed by atoms with E-state index in [2.05, 4.69) is 72.8 Å². The summed E-state index contributed by atoms with van der Waals surface area (Å²) in [5, 5.41) is 3.29. The minimum atomic E-state index is 0.0460. The lowest BCUT2D eigenvalue weighted by Gasteiger charge is -2.32. The first-order valence-corrected chi connectivity index (χ1v) is 10.7. The third kappa shape index (κ3) is 3.39.